The number of hydrogen-bond acceptors (Lipinski definition) is 4. The van der Waals surface area contributed by atoms with Gasteiger partial charge < -0.3 is 15.4 Å². The fourth-order valence-electron chi connectivity index (χ4n) is 2.98. The van der Waals surface area contributed by atoms with Gasteiger partial charge in [0.15, 0.2) is 0 Å². The summed E-state index contributed by atoms with van der Waals surface area (Å²) in [6.45, 7) is 1.32. The van der Waals surface area contributed by atoms with Crippen molar-refractivity contribution >= 4 is 23.5 Å². The molecule has 0 fully saturated rings. The lowest BCUT2D eigenvalue weighted by atomic mass is 10.1. The highest BCUT2D eigenvalue weighted by atomic mass is 19.4. The summed E-state index contributed by atoms with van der Waals surface area (Å²) in [5.41, 5.74) is 0.997. The van der Waals surface area contributed by atoms with E-state index < -0.39 is 42.2 Å². The Bertz CT molecular complexity index is 1150. The van der Waals surface area contributed by atoms with Crippen LogP contribution in [0.25, 0.3) is 0 Å². The average molecular weight is 470 g/mol. The number of carbonyl (C=O) groups excluding carboxylic acids is 3. The molecule has 3 rings (SSSR count). The van der Waals surface area contributed by atoms with Crippen LogP contribution in [-0.4, -0.2) is 24.3 Å². The Morgan fingerprint density at radius 3 is 2.09 bits per heavy atom. The van der Waals surface area contributed by atoms with E-state index >= 15 is 0 Å². The number of esters is 1. The molecule has 176 valence electrons. The van der Waals surface area contributed by atoms with E-state index in [0.717, 1.165) is 29.8 Å². The number of halogens is 3. The minimum atomic E-state index is -4.52. The molecule has 1 atom stereocenters. The third-order valence-electron chi connectivity index (χ3n) is 4.78. The van der Waals surface area contributed by atoms with Crippen molar-refractivity contribution in [2.24, 2.45) is 0 Å². The molecule has 3 aromatic carbocycles. The summed E-state index contributed by atoms with van der Waals surface area (Å²) in [5, 5.41) is 4.97. The zero-order valence-corrected chi connectivity index (χ0v) is 18.1. The van der Waals surface area contributed by atoms with Gasteiger partial charge in [-0.3, -0.25) is 14.4 Å². The molecule has 9 heteroatoms. The van der Waals surface area contributed by atoms with Crippen LogP contribution in [0.15, 0.2) is 78.9 Å². The van der Waals surface area contributed by atoms with Crippen LogP contribution in [0.1, 0.15) is 33.2 Å². The molecule has 6 nitrogen and oxygen atoms in total. The molecule has 0 bridgehead atoms. The van der Waals surface area contributed by atoms with Crippen LogP contribution < -0.4 is 10.6 Å². The standard InChI is InChI=1S/C25H21F3N2O4/c1-16-7-13-20(14-8-16)30-24(33)22(17-5-3-2-4-6-17)34-21(31)15-29-23(32)18-9-11-19(12-10-18)25(26,27)28/h2-14,22H,15H2,1H3,(H,29,32)(H,30,33). The minimum absolute atomic E-state index is 0.0578. The molecule has 0 saturated carbocycles. The second-order valence-corrected chi connectivity index (χ2v) is 7.39. The molecule has 2 N–H and O–H groups in total. The van der Waals surface area contributed by atoms with Gasteiger partial charge in [0.2, 0.25) is 6.10 Å². The van der Waals surface area contributed by atoms with Gasteiger partial charge in [-0.15, -0.1) is 0 Å². The molecular formula is C25H21F3N2O4. The van der Waals surface area contributed by atoms with E-state index in [1.165, 1.54) is 0 Å². The predicted molar refractivity (Wildman–Crippen MR) is 119 cm³/mol. The van der Waals surface area contributed by atoms with Crippen LogP contribution in [0.2, 0.25) is 0 Å². The van der Waals surface area contributed by atoms with Crippen LogP contribution in [-0.2, 0) is 20.5 Å². The number of benzene rings is 3. The van der Waals surface area contributed by atoms with Crippen LogP contribution in [0.4, 0.5) is 18.9 Å². The number of rotatable bonds is 7. The predicted octanol–water partition coefficient (Wildman–Crippen LogP) is 4.67. The Morgan fingerprint density at radius 1 is 0.882 bits per heavy atom. The number of aryl methyl sites for hydroxylation is 1. The van der Waals surface area contributed by atoms with Gasteiger partial charge in [-0.05, 0) is 43.3 Å². The first-order valence-corrected chi connectivity index (χ1v) is 10.2. The number of anilines is 1. The van der Waals surface area contributed by atoms with Crippen LogP contribution in [0.3, 0.4) is 0 Å². The number of amides is 2. The Balaban J connectivity index is 1.64. The summed E-state index contributed by atoms with van der Waals surface area (Å²) < 4.78 is 43.3. The quantitative estimate of drug-likeness (QED) is 0.492. The van der Waals surface area contributed by atoms with E-state index in [-0.39, 0.29) is 5.56 Å². The van der Waals surface area contributed by atoms with Crippen molar-refractivity contribution in [2.45, 2.75) is 19.2 Å². The molecule has 0 aromatic heterocycles. The minimum Gasteiger partial charge on any atom is -0.446 e. The lowest BCUT2D eigenvalue weighted by Crippen LogP contribution is -2.33. The summed E-state index contributed by atoms with van der Waals surface area (Å²) in [7, 11) is 0. The maximum absolute atomic E-state index is 12.8. The van der Waals surface area contributed by atoms with Gasteiger partial charge in [0.1, 0.15) is 6.54 Å². The van der Waals surface area contributed by atoms with Crippen molar-refractivity contribution in [2.75, 3.05) is 11.9 Å². The number of nitrogens with one attached hydrogen (secondary N) is 2. The van der Waals surface area contributed by atoms with Gasteiger partial charge in [0.25, 0.3) is 11.8 Å². The molecule has 0 heterocycles. The lowest BCUT2D eigenvalue weighted by molar-refractivity contribution is -0.153. The van der Waals surface area contributed by atoms with Crippen molar-refractivity contribution in [1.29, 1.82) is 0 Å². The zero-order chi connectivity index (χ0) is 24.7. The SMILES string of the molecule is Cc1ccc(NC(=O)C(OC(=O)CNC(=O)c2ccc(C(F)(F)F)cc2)c2ccccc2)cc1. The summed E-state index contributed by atoms with van der Waals surface area (Å²) in [5.74, 6) is -2.24. The second kappa shape index (κ2) is 10.7. The number of alkyl halides is 3. The van der Waals surface area contributed by atoms with Crippen molar-refractivity contribution in [3.05, 3.63) is 101 Å². The van der Waals surface area contributed by atoms with Crippen molar-refractivity contribution < 1.29 is 32.3 Å². The van der Waals surface area contributed by atoms with Crippen molar-refractivity contribution in [3.8, 4) is 0 Å². The zero-order valence-electron chi connectivity index (χ0n) is 18.1. The Morgan fingerprint density at radius 2 is 1.50 bits per heavy atom. The molecule has 0 radical (unpaired) electrons. The second-order valence-electron chi connectivity index (χ2n) is 7.39. The lowest BCUT2D eigenvalue weighted by Gasteiger charge is -2.18. The first-order chi connectivity index (χ1) is 16.1. The molecule has 0 aliphatic rings. The maximum Gasteiger partial charge on any atom is 0.416 e. The molecule has 1 unspecified atom stereocenters. The molecule has 0 aliphatic carbocycles. The number of carbonyl (C=O) groups is 3. The molecule has 34 heavy (non-hydrogen) atoms. The highest BCUT2D eigenvalue weighted by molar-refractivity contribution is 5.98. The molecular weight excluding hydrogens is 449 g/mol. The molecule has 0 spiro atoms. The van der Waals surface area contributed by atoms with Crippen molar-refractivity contribution in [3.63, 3.8) is 0 Å². The van der Waals surface area contributed by atoms with Gasteiger partial charge in [0, 0.05) is 16.8 Å². The van der Waals surface area contributed by atoms with E-state index in [1.54, 1.807) is 42.5 Å². The van der Waals surface area contributed by atoms with E-state index in [1.807, 2.05) is 19.1 Å². The third-order valence-corrected chi connectivity index (χ3v) is 4.78. The maximum atomic E-state index is 12.8. The smallest absolute Gasteiger partial charge is 0.416 e. The molecule has 0 aliphatic heterocycles. The van der Waals surface area contributed by atoms with Crippen LogP contribution in [0.5, 0.6) is 0 Å². The molecule has 3 aromatic rings. The number of hydrogen-bond donors (Lipinski definition) is 2. The van der Waals surface area contributed by atoms with E-state index in [0.29, 0.717) is 11.3 Å². The van der Waals surface area contributed by atoms with Crippen LogP contribution in [0, 0.1) is 6.92 Å². The normalized spacial score (nSPS) is 11.9. The van der Waals surface area contributed by atoms with E-state index in [4.69, 9.17) is 4.74 Å². The highest BCUT2D eigenvalue weighted by Crippen LogP contribution is 2.29. The van der Waals surface area contributed by atoms with Gasteiger partial charge in [-0.2, -0.15) is 13.2 Å². The molecule has 0 saturated heterocycles. The largest absolute Gasteiger partial charge is 0.446 e. The summed E-state index contributed by atoms with van der Waals surface area (Å²) in [6.07, 6.45) is -5.80. The Labute approximate surface area is 193 Å². The average Bonchev–Trinajstić information content (AvgIpc) is 2.82. The van der Waals surface area contributed by atoms with Crippen molar-refractivity contribution in [1.82, 2.24) is 5.32 Å². The van der Waals surface area contributed by atoms with Gasteiger partial charge >= 0.3 is 12.1 Å². The van der Waals surface area contributed by atoms with E-state index in [2.05, 4.69) is 10.6 Å². The fourth-order valence-corrected chi connectivity index (χ4v) is 2.98. The third kappa shape index (κ3) is 6.68. The monoisotopic (exact) mass is 470 g/mol. The van der Waals surface area contributed by atoms with Crippen LogP contribution >= 0.6 is 0 Å². The Hall–Kier alpha value is -4.14. The summed E-state index contributed by atoms with van der Waals surface area (Å²) >= 11 is 0. The van der Waals surface area contributed by atoms with Gasteiger partial charge in [0.05, 0.1) is 5.56 Å². The molecule has 2 amide bonds. The topological polar surface area (TPSA) is 84.5 Å². The highest BCUT2D eigenvalue weighted by Gasteiger charge is 2.30. The first kappa shape index (κ1) is 24.5. The fraction of sp³-hybridized carbons (Fsp3) is 0.160. The summed E-state index contributed by atoms with van der Waals surface area (Å²) in [4.78, 5) is 37.4. The van der Waals surface area contributed by atoms with Gasteiger partial charge in [-0.1, -0.05) is 48.0 Å². The van der Waals surface area contributed by atoms with E-state index in [9.17, 15) is 27.6 Å². The number of ether oxygens (including phenoxy) is 1. The van der Waals surface area contributed by atoms with Gasteiger partial charge in [-0.25, -0.2) is 0 Å². The first-order valence-electron chi connectivity index (χ1n) is 10.2. The Kier molecular flexibility index (Phi) is 7.68. The summed E-state index contributed by atoms with van der Waals surface area (Å²) in [6, 6.07) is 18.9.